The SMILES string of the molecule is COc1ccc(-c2nc(NC(=O)CCN3C(=O)c4cccc([N+](=O)[O-])c4C3=O)sc2C)cc1C. The van der Waals surface area contributed by atoms with Gasteiger partial charge in [0.2, 0.25) is 5.91 Å². The molecule has 0 unspecified atom stereocenters. The van der Waals surface area contributed by atoms with Gasteiger partial charge in [-0.2, -0.15) is 0 Å². The minimum Gasteiger partial charge on any atom is -0.496 e. The molecule has 3 amide bonds. The van der Waals surface area contributed by atoms with Crippen LogP contribution in [0.25, 0.3) is 11.3 Å². The molecule has 0 saturated carbocycles. The number of hydrogen-bond donors (Lipinski definition) is 1. The van der Waals surface area contributed by atoms with E-state index < -0.39 is 28.3 Å². The van der Waals surface area contributed by atoms with Gasteiger partial charge >= 0.3 is 0 Å². The number of thiazole rings is 1. The highest BCUT2D eigenvalue weighted by Gasteiger charge is 2.40. The lowest BCUT2D eigenvalue weighted by Crippen LogP contribution is -2.33. The minimum atomic E-state index is -0.776. The normalized spacial score (nSPS) is 12.6. The molecule has 1 N–H and O–H groups in total. The molecule has 174 valence electrons. The van der Waals surface area contributed by atoms with Gasteiger partial charge in [-0.3, -0.25) is 29.4 Å². The second kappa shape index (κ2) is 9.02. The zero-order valence-electron chi connectivity index (χ0n) is 18.6. The Morgan fingerprint density at radius 1 is 1.21 bits per heavy atom. The fraction of sp³-hybridized carbons (Fsp3) is 0.217. The van der Waals surface area contributed by atoms with Crippen molar-refractivity contribution in [3.63, 3.8) is 0 Å². The van der Waals surface area contributed by atoms with Crippen LogP contribution in [-0.2, 0) is 4.79 Å². The van der Waals surface area contributed by atoms with Gasteiger partial charge in [0.05, 0.1) is 23.3 Å². The Morgan fingerprint density at radius 2 is 1.97 bits per heavy atom. The molecule has 11 heteroatoms. The number of nitro benzene ring substituents is 1. The van der Waals surface area contributed by atoms with Crippen molar-refractivity contribution in [2.45, 2.75) is 20.3 Å². The van der Waals surface area contributed by atoms with Crippen molar-refractivity contribution < 1.29 is 24.0 Å². The molecule has 34 heavy (non-hydrogen) atoms. The van der Waals surface area contributed by atoms with E-state index in [1.54, 1.807) is 7.11 Å². The number of benzene rings is 2. The first-order valence-corrected chi connectivity index (χ1v) is 11.1. The molecule has 2 aromatic carbocycles. The summed E-state index contributed by atoms with van der Waals surface area (Å²) in [6.07, 6.45) is -0.172. The third-order valence-electron chi connectivity index (χ3n) is 5.45. The Bertz CT molecular complexity index is 1350. The van der Waals surface area contributed by atoms with Gasteiger partial charge in [-0.15, -0.1) is 11.3 Å². The highest BCUT2D eigenvalue weighted by molar-refractivity contribution is 7.16. The largest absolute Gasteiger partial charge is 0.496 e. The number of carbonyl (C=O) groups excluding carboxylic acids is 3. The second-order valence-electron chi connectivity index (χ2n) is 7.63. The summed E-state index contributed by atoms with van der Waals surface area (Å²) in [4.78, 5) is 54.5. The Morgan fingerprint density at radius 3 is 2.65 bits per heavy atom. The van der Waals surface area contributed by atoms with Crippen LogP contribution in [0.1, 0.15) is 37.6 Å². The van der Waals surface area contributed by atoms with Crippen molar-refractivity contribution in [1.29, 1.82) is 0 Å². The molecule has 2 heterocycles. The number of imide groups is 1. The highest BCUT2D eigenvalue weighted by atomic mass is 32.1. The lowest BCUT2D eigenvalue weighted by molar-refractivity contribution is -0.385. The highest BCUT2D eigenvalue weighted by Crippen LogP contribution is 2.33. The van der Waals surface area contributed by atoms with Crippen LogP contribution >= 0.6 is 11.3 Å². The van der Waals surface area contributed by atoms with Crippen molar-refractivity contribution in [2.24, 2.45) is 0 Å². The average Bonchev–Trinajstić information content (AvgIpc) is 3.28. The number of fused-ring (bicyclic) bond motifs is 1. The molecule has 0 radical (unpaired) electrons. The van der Waals surface area contributed by atoms with Gasteiger partial charge in [-0.05, 0) is 43.7 Å². The monoisotopic (exact) mass is 480 g/mol. The smallest absolute Gasteiger partial charge is 0.282 e. The van der Waals surface area contributed by atoms with Crippen LogP contribution in [0.5, 0.6) is 5.75 Å². The van der Waals surface area contributed by atoms with Gasteiger partial charge in [-0.25, -0.2) is 4.98 Å². The molecule has 0 aliphatic carbocycles. The number of rotatable bonds is 7. The molecule has 0 saturated heterocycles. The average molecular weight is 481 g/mol. The Balaban J connectivity index is 1.43. The molecule has 0 fully saturated rings. The molecule has 3 aromatic rings. The molecule has 1 aromatic heterocycles. The summed E-state index contributed by atoms with van der Waals surface area (Å²) in [6.45, 7) is 3.62. The topological polar surface area (TPSA) is 132 Å². The van der Waals surface area contributed by atoms with Gasteiger partial charge in [0.15, 0.2) is 5.13 Å². The molecule has 0 spiro atoms. The number of amides is 3. The first-order valence-electron chi connectivity index (χ1n) is 10.3. The fourth-order valence-electron chi connectivity index (χ4n) is 3.81. The van der Waals surface area contributed by atoms with E-state index in [4.69, 9.17) is 4.74 Å². The molecule has 10 nitrogen and oxygen atoms in total. The molecular weight excluding hydrogens is 460 g/mol. The summed E-state index contributed by atoms with van der Waals surface area (Å²) in [6, 6.07) is 9.59. The maximum absolute atomic E-state index is 12.6. The van der Waals surface area contributed by atoms with Crippen LogP contribution in [0.3, 0.4) is 0 Å². The maximum atomic E-state index is 12.6. The second-order valence-corrected chi connectivity index (χ2v) is 8.83. The molecular formula is C23H20N4O6S. The predicted octanol–water partition coefficient (Wildman–Crippen LogP) is 3.97. The number of nitro groups is 1. The van der Waals surface area contributed by atoms with Gasteiger partial charge in [-0.1, -0.05) is 6.07 Å². The van der Waals surface area contributed by atoms with Crippen molar-refractivity contribution in [3.8, 4) is 17.0 Å². The lowest BCUT2D eigenvalue weighted by Gasteiger charge is -2.12. The van der Waals surface area contributed by atoms with Crippen molar-refractivity contribution in [2.75, 3.05) is 19.0 Å². The van der Waals surface area contributed by atoms with Gasteiger partial charge < -0.3 is 10.1 Å². The Hall–Kier alpha value is -4.12. The zero-order valence-corrected chi connectivity index (χ0v) is 19.4. The van der Waals surface area contributed by atoms with Gasteiger partial charge in [0, 0.05) is 29.5 Å². The number of nitrogens with zero attached hydrogens (tertiary/aromatic N) is 3. The number of anilines is 1. The van der Waals surface area contributed by atoms with E-state index in [-0.39, 0.29) is 24.1 Å². The number of nitrogens with one attached hydrogen (secondary N) is 1. The van der Waals surface area contributed by atoms with E-state index in [0.29, 0.717) is 5.13 Å². The summed E-state index contributed by atoms with van der Waals surface area (Å²) >= 11 is 1.31. The third kappa shape index (κ3) is 4.13. The first kappa shape index (κ1) is 23.1. The quantitative estimate of drug-likeness (QED) is 0.307. The minimum absolute atomic E-state index is 0.0328. The summed E-state index contributed by atoms with van der Waals surface area (Å²) < 4.78 is 5.29. The van der Waals surface area contributed by atoms with E-state index in [2.05, 4.69) is 10.3 Å². The van der Waals surface area contributed by atoms with Gasteiger partial charge in [0.25, 0.3) is 17.5 Å². The van der Waals surface area contributed by atoms with E-state index in [1.807, 2.05) is 32.0 Å². The first-order chi connectivity index (χ1) is 16.2. The zero-order chi connectivity index (χ0) is 24.6. The van der Waals surface area contributed by atoms with Crippen molar-refractivity contribution in [1.82, 2.24) is 9.88 Å². The lowest BCUT2D eigenvalue weighted by atomic mass is 10.1. The van der Waals surface area contributed by atoms with Crippen LogP contribution in [0.15, 0.2) is 36.4 Å². The van der Waals surface area contributed by atoms with E-state index in [1.165, 1.54) is 29.5 Å². The number of hydrogen-bond acceptors (Lipinski definition) is 8. The van der Waals surface area contributed by atoms with Crippen molar-refractivity contribution in [3.05, 3.63) is 68.1 Å². The van der Waals surface area contributed by atoms with E-state index in [9.17, 15) is 24.5 Å². The summed E-state index contributed by atoms with van der Waals surface area (Å²) in [5, 5.41) is 14.3. The predicted molar refractivity (Wildman–Crippen MR) is 125 cm³/mol. The van der Waals surface area contributed by atoms with Crippen LogP contribution < -0.4 is 10.1 Å². The summed E-state index contributed by atoms with van der Waals surface area (Å²) in [7, 11) is 1.60. The molecule has 1 aliphatic heterocycles. The molecule has 0 atom stereocenters. The molecule has 0 bridgehead atoms. The van der Waals surface area contributed by atoms with Crippen LogP contribution in [0.2, 0.25) is 0 Å². The Labute approximate surface area is 198 Å². The van der Waals surface area contributed by atoms with Crippen LogP contribution in [0, 0.1) is 24.0 Å². The summed E-state index contributed by atoms with van der Waals surface area (Å²) in [5.74, 6) is -1.10. The van der Waals surface area contributed by atoms with Crippen LogP contribution in [0.4, 0.5) is 10.8 Å². The number of aromatic nitrogens is 1. The molecule has 4 rings (SSSR count). The number of carbonyl (C=O) groups is 3. The number of ether oxygens (including phenoxy) is 1. The van der Waals surface area contributed by atoms with E-state index in [0.717, 1.165) is 32.3 Å². The van der Waals surface area contributed by atoms with Crippen LogP contribution in [-0.4, -0.2) is 46.2 Å². The number of aryl methyl sites for hydroxylation is 2. The molecule has 1 aliphatic rings. The van der Waals surface area contributed by atoms with Crippen molar-refractivity contribution >= 4 is 39.9 Å². The van der Waals surface area contributed by atoms with E-state index >= 15 is 0 Å². The fourth-order valence-corrected chi connectivity index (χ4v) is 4.66. The van der Waals surface area contributed by atoms with Gasteiger partial charge in [0.1, 0.15) is 11.3 Å². The maximum Gasteiger partial charge on any atom is 0.282 e. The third-order valence-corrected chi connectivity index (χ3v) is 6.33. The standard InChI is InChI=1S/C23H20N4O6S/c1-12-11-14(7-8-17(12)33-3)20-13(2)34-23(25-20)24-18(28)9-10-26-21(29)15-5-4-6-16(27(31)32)19(15)22(26)30/h4-8,11H,9-10H2,1-3H3,(H,24,25,28). The Kier molecular flexibility index (Phi) is 6.12. The summed E-state index contributed by atoms with van der Waals surface area (Å²) in [5.41, 5.74) is 1.88. The number of methoxy groups -OCH3 is 1.